The minimum Gasteiger partial charge on any atom is -0.368 e. The SMILES string of the molecule is Cc1ccc(N2CCN(C(=O)Cc3ccc(F)cc3)CC2)cc1Cl. The summed E-state index contributed by atoms with van der Waals surface area (Å²) in [6, 6.07) is 12.2. The summed E-state index contributed by atoms with van der Waals surface area (Å²) in [5.41, 5.74) is 3.00. The van der Waals surface area contributed by atoms with Gasteiger partial charge in [0.1, 0.15) is 5.82 Å². The van der Waals surface area contributed by atoms with Crippen molar-refractivity contribution in [2.75, 3.05) is 31.1 Å². The molecule has 1 aliphatic rings. The van der Waals surface area contributed by atoms with E-state index in [1.807, 2.05) is 24.0 Å². The summed E-state index contributed by atoms with van der Waals surface area (Å²) in [5.74, 6) is -0.195. The van der Waals surface area contributed by atoms with E-state index in [-0.39, 0.29) is 11.7 Å². The Hall–Kier alpha value is -2.07. The van der Waals surface area contributed by atoms with Gasteiger partial charge in [0.15, 0.2) is 0 Å². The van der Waals surface area contributed by atoms with Gasteiger partial charge in [-0.2, -0.15) is 0 Å². The standard InChI is InChI=1S/C19H20ClFN2O/c1-14-2-7-17(13-18(14)20)22-8-10-23(11-9-22)19(24)12-15-3-5-16(21)6-4-15/h2-7,13H,8-12H2,1H3. The zero-order chi connectivity index (χ0) is 17.1. The van der Waals surface area contributed by atoms with Crippen molar-refractivity contribution in [3.63, 3.8) is 0 Å². The van der Waals surface area contributed by atoms with Crippen LogP contribution in [0.2, 0.25) is 5.02 Å². The fraction of sp³-hybridized carbons (Fsp3) is 0.316. The number of rotatable bonds is 3. The smallest absolute Gasteiger partial charge is 0.227 e. The maximum Gasteiger partial charge on any atom is 0.227 e. The summed E-state index contributed by atoms with van der Waals surface area (Å²) in [6.45, 7) is 4.93. The minimum absolute atomic E-state index is 0.0863. The second-order valence-electron chi connectivity index (χ2n) is 6.10. The van der Waals surface area contributed by atoms with Crippen molar-refractivity contribution >= 4 is 23.2 Å². The lowest BCUT2D eigenvalue weighted by molar-refractivity contribution is -0.130. The van der Waals surface area contributed by atoms with E-state index in [0.29, 0.717) is 19.5 Å². The number of benzene rings is 2. The number of halogens is 2. The number of nitrogens with zero attached hydrogens (tertiary/aromatic N) is 2. The summed E-state index contributed by atoms with van der Waals surface area (Å²) in [7, 11) is 0. The van der Waals surface area contributed by atoms with Crippen LogP contribution in [-0.2, 0) is 11.2 Å². The van der Waals surface area contributed by atoms with Gasteiger partial charge >= 0.3 is 0 Å². The van der Waals surface area contributed by atoms with Crippen molar-refractivity contribution in [2.24, 2.45) is 0 Å². The molecule has 1 saturated heterocycles. The Labute approximate surface area is 146 Å². The summed E-state index contributed by atoms with van der Waals surface area (Å²) in [5, 5.41) is 0.766. The summed E-state index contributed by atoms with van der Waals surface area (Å²) in [4.78, 5) is 16.5. The molecule has 0 N–H and O–H groups in total. The predicted molar refractivity (Wildman–Crippen MR) is 95.1 cm³/mol. The van der Waals surface area contributed by atoms with E-state index >= 15 is 0 Å². The van der Waals surface area contributed by atoms with E-state index in [1.54, 1.807) is 12.1 Å². The maximum absolute atomic E-state index is 12.9. The van der Waals surface area contributed by atoms with Crippen LogP contribution in [0.5, 0.6) is 0 Å². The average Bonchev–Trinajstić information content (AvgIpc) is 2.59. The van der Waals surface area contributed by atoms with Crippen molar-refractivity contribution in [2.45, 2.75) is 13.3 Å². The molecule has 0 aliphatic carbocycles. The normalized spacial score (nSPS) is 14.8. The number of amides is 1. The Kier molecular flexibility index (Phi) is 5.05. The number of anilines is 1. The highest BCUT2D eigenvalue weighted by molar-refractivity contribution is 6.31. The van der Waals surface area contributed by atoms with Gasteiger partial charge in [0.25, 0.3) is 0 Å². The second kappa shape index (κ2) is 7.22. The Morgan fingerprint density at radius 2 is 1.75 bits per heavy atom. The van der Waals surface area contributed by atoms with Crippen molar-refractivity contribution < 1.29 is 9.18 Å². The molecule has 0 saturated carbocycles. The molecule has 126 valence electrons. The van der Waals surface area contributed by atoms with E-state index in [9.17, 15) is 9.18 Å². The molecule has 0 unspecified atom stereocenters. The lowest BCUT2D eigenvalue weighted by Crippen LogP contribution is -2.49. The molecule has 0 atom stereocenters. The summed E-state index contributed by atoms with van der Waals surface area (Å²) < 4.78 is 12.9. The number of hydrogen-bond donors (Lipinski definition) is 0. The van der Waals surface area contributed by atoms with Crippen LogP contribution in [0, 0.1) is 12.7 Å². The van der Waals surface area contributed by atoms with Gasteiger partial charge in [0, 0.05) is 36.9 Å². The lowest BCUT2D eigenvalue weighted by Gasteiger charge is -2.36. The molecule has 2 aromatic rings. The fourth-order valence-corrected chi connectivity index (χ4v) is 3.06. The Bertz CT molecular complexity index is 725. The number of carbonyl (C=O) groups is 1. The van der Waals surface area contributed by atoms with E-state index < -0.39 is 0 Å². The highest BCUT2D eigenvalue weighted by Gasteiger charge is 2.21. The quantitative estimate of drug-likeness (QED) is 0.846. The molecular formula is C19H20ClFN2O. The predicted octanol–water partition coefficient (Wildman–Crippen LogP) is 3.68. The van der Waals surface area contributed by atoms with Crippen molar-refractivity contribution in [3.8, 4) is 0 Å². The highest BCUT2D eigenvalue weighted by Crippen LogP contribution is 2.24. The third-order valence-electron chi connectivity index (χ3n) is 4.42. The molecule has 3 rings (SSSR count). The molecule has 1 aliphatic heterocycles. The van der Waals surface area contributed by atoms with Crippen LogP contribution in [0.4, 0.5) is 10.1 Å². The summed E-state index contributed by atoms with van der Waals surface area (Å²) in [6.07, 6.45) is 0.316. The van der Waals surface area contributed by atoms with Gasteiger partial charge in [-0.15, -0.1) is 0 Å². The molecule has 3 nitrogen and oxygen atoms in total. The molecule has 0 bridgehead atoms. The zero-order valence-electron chi connectivity index (χ0n) is 13.6. The average molecular weight is 347 g/mol. The van der Waals surface area contributed by atoms with Gasteiger partial charge in [-0.25, -0.2) is 4.39 Å². The summed E-state index contributed by atoms with van der Waals surface area (Å²) >= 11 is 6.20. The van der Waals surface area contributed by atoms with Crippen LogP contribution in [0.3, 0.4) is 0 Å². The number of aryl methyl sites for hydroxylation is 1. The largest absolute Gasteiger partial charge is 0.368 e. The second-order valence-corrected chi connectivity index (χ2v) is 6.51. The molecule has 1 fully saturated rings. The first-order valence-corrected chi connectivity index (χ1v) is 8.44. The number of carbonyl (C=O) groups excluding carboxylic acids is 1. The van der Waals surface area contributed by atoms with Gasteiger partial charge in [-0.1, -0.05) is 29.8 Å². The van der Waals surface area contributed by atoms with Gasteiger partial charge in [-0.05, 0) is 42.3 Å². The molecule has 1 amide bonds. The Balaban J connectivity index is 1.57. The molecule has 24 heavy (non-hydrogen) atoms. The molecule has 2 aromatic carbocycles. The highest BCUT2D eigenvalue weighted by atomic mass is 35.5. The van der Waals surface area contributed by atoms with Gasteiger partial charge in [0.2, 0.25) is 5.91 Å². The molecule has 0 radical (unpaired) electrons. The van der Waals surface area contributed by atoms with Gasteiger partial charge in [-0.3, -0.25) is 4.79 Å². The number of hydrogen-bond acceptors (Lipinski definition) is 2. The zero-order valence-corrected chi connectivity index (χ0v) is 14.4. The van der Waals surface area contributed by atoms with E-state index in [4.69, 9.17) is 11.6 Å². The monoisotopic (exact) mass is 346 g/mol. The van der Waals surface area contributed by atoms with Crippen molar-refractivity contribution in [3.05, 3.63) is 64.4 Å². The van der Waals surface area contributed by atoms with E-state index in [1.165, 1.54) is 12.1 Å². The van der Waals surface area contributed by atoms with E-state index in [0.717, 1.165) is 34.9 Å². The van der Waals surface area contributed by atoms with Crippen LogP contribution in [-0.4, -0.2) is 37.0 Å². The van der Waals surface area contributed by atoms with Crippen LogP contribution >= 0.6 is 11.6 Å². The van der Waals surface area contributed by atoms with Crippen LogP contribution in [0.15, 0.2) is 42.5 Å². The van der Waals surface area contributed by atoms with Gasteiger partial charge < -0.3 is 9.80 Å². The molecular weight excluding hydrogens is 327 g/mol. The Morgan fingerprint density at radius 1 is 1.08 bits per heavy atom. The Morgan fingerprint density at radius 3 is 2.38 bits per heavy atom. The van der Waals surface area contributed by atoms with Crippen molar-refractivity contribution in [1.29, 1.82) is 0 Å². The van der Waals surface area contributed by atoms with Gasteiger partial charge in [0.05, 0.1) is 6.42 Å². The number of piperazine rings is 1. The fourth-order valence-electron chi connectivity index (χ4n) is 2.88. The first-order chi connectivity index (χ1) is 11.5. The maximum atomic E-state index is 12.9. The molecule has 5 heteroatoms. The van der Waals surface area contributed by atoms with Crippen LogP contribution in [0.1, 0.15) is 11.1 Å². The molecule has 0 spiro atoms. The topological polar surface area (TPSA) is 23.6 Å². The first-order valence-electron chi connectivity index (χ1n) is 8.06. The molecule has 0 aromatic heterocycles. The third kappa shape index (κ3) is 3.88. The third-order valence-corrected chi connectivity index (χ3v) is 4.83. The van der Waals surface area contributed by atoms with Crippen LogP contribution < -0.4 is 4.90 Å². The van der Waals surface area contributed by atoms with Crippen molar-refractivity contribution in [1.82, 2.24) is 4.90 Å². The molecule has 1 heterocycles. The lowest BCUT2D eigenvalue weighted by atomic mass is 10.1. The van der Waals surface area contributed by atoms with E-state index in [2.05, 4.69) is 11.0 Å². The minimum atomic E-state index is -0.281. The van der Waals surface area contributed by atoms with Crippen LogP contribution in [0.25, 0.3) is 0 Å². The first kappa shape index (κ1) is 16.8.